The van der Waals surface area contributed by atoms with Crippen molar-refractivity contribution in [3.63, 3.8) is 0 Å². The van der Waals surface area contributed by atoms with Crippen LogP contribution in [0.25, 0.3) is 0 Å². The van der Waals surface area contributed by atoms with Crippen LogP contribution in [0.2, 0.25) is 3.93 Å². The van der Waals surface area contributed by atoms with E-state index in [0.29, 0.717) is 0 Å². The zero-order valence-electron chi connectivity index (χ0n) is 2.79. The Bertz CT molecular complexity index is 8.85. The van der Waals surface area contributed by atoms with Crippen molar-refractivity contribution in [2.24, 2.45) is 0 Å². The van der Waals surface area contributed by atoms with Gasteiger partial charge in [-0.25, -0.2) is 0 Å². The maximum absolute atomic E-state index is 5.41. The molecule has 0 fully saturated rings. The number of hydrogen-bond acceptors (Lipinski definition) is 0. The van der Waals surface area contributed by atoms with Gasteiger partial charge < -0.3 is 0 Å². The molecule has 0 aliphatic heterocycles. The van der Waals surface area contributed by atoms with Crippen molar-refractivity contribution in [2.45, 2.75) is 18.3 Å². The van der Waals surface area contributed by atoms with E-state index in [2.05, 4.69) is 6.92 Å². The molecule has 0 unspecified atom stereocenters. The van der Waals surface area contributed by atoms with Crippen molar-refractivity contribution in [1.29, 1.82) is 0 Å². The summed E-state index contributed by atoms with van der Waals surface area (Å²) >= 11 is -0.640. The molecule has 0 aliphatic carbocycles. The zero-order chi connectivity index (χ0) is 3.41. The van der Waals surface area contributed by atoms with Crippen molar-refractivity contribution in [3.8, 4) is 0 Å². The average Bonchev–Trinajstić information content (AvgIpc) is 1.37. The number of halogens is 1. The summed E-state index contributed by atoms with van der Waals surface area (Å²) < 4.78 is 1.31. The Labute approximate surface area is 49.8 Å². The van der Waals surface area contributed by atoms with E-state index in [9.17, 15) is 0 Å². The standard InChI is InChI=1S/C2H5.CH4.ClH.Hg/c1-2;;;/h1H2,2H3;1H4;1H;/q;;;+1/p-1. The number of hydrogen-bond donors (Lipinski definition) is 0. The van der Waals surface area contributed by atoms with Gasteiger partial charge in [-0.2, -0.15) is 0 Å². The Balaban J connectivity index is 0. The van der Waals surface area contributed by atoms with Crippen molar-refractivity contribution < 1.29 is 23.3 Å². The first kappa shape index (κ1) is 9.52. The summed E-state index contributed by atoms with van der Waals surface area (Å²) in [5.74, 6) is 0. The van der Waals surface area contributed by atoms with Crippen molar-refractivity contribution in [2.75, 3.05) is 0 Å². The molecule has 2 heteroatoms. The van der Waals surface area contributed by atoms with Crippen LogP contribution in [0.4, 0.5) is 0 Å². The molecule has 0 aromatic heterocycles. The topological polar surface area (TPSA) is 0 Å². The molecule has 0 bridgehead atoms. The molecule has 0 spiro atoms. The van der Waals surface area contributed by atoms with Gasteiger partial charge >= 0.3 is 42.4 Å². The van der Waals surface area contributed by atoms with Gasteiger partial charge in [-0.05, 0) is 0 Å². The normalized spacial score (nSPS) is 4.40. The van der Waals surface area contributed by atoms with Crippen molar-refractivity contribution >= 4 is 8.25 Å². The molecule has 0 saturated heterocycles. The summed E-state index contributed by atoms with van der Waals surface area (Å²) in [5, 5.41) is 0. The minimum absolute atomic E-state index is 0. The first-order valence-electron chi connectivity index (χ1n) is 1.47. The van der Waals surface area contributed by atoms with Crippen molar-refractivity contribution in [1.82, 2.24) is 0 Å². The van der Waals surface area contributed by atoms with E-state index >= 15 is 0 Å². The van der Waals surface area contributed by atoms with E-state index in [1.165, 1.54) is 3.93 Å². The molecule has 0 heterocycles. The van der Waals surface area contributed by atoms with E-state index in [1.54, 1.807) is 0 Å². The van der Waals surface area contributed by atoms with Gasteiger partial charge in [-0.3, -0.25) is 0 Å². The predicted molar refractivity (Wildman–Crippen MR) is 23.1 cm³/mol. The molecule has 0 aromatic rings. The number of rotatable bonds is 1. The Morgan fingerprint density at radius 2 is 2.00 bits per heavy atom. The summed E-state index contributed by atoms with van der Waals surface area (Å²) in [4.78, 5) is 0. The third kappa shape index (κ3) is 11.0. The van der Waals surface area contributed by atoms with Gasteiger partial charge in [0.05, 0.1) is 0 Å². The van der Waals surface area contributed by atoms with Crippen LogP contribution in [-0.2, 0) is 23.3 Å². The van der Waals surface area contributed by atoms with Crippen LogP contribution in [0.3, 0.4) is 0 Å². The second-order valence-electron chi connectivity index (χ2n) is 0.689. The van der Waals surface area contributed by atoms with E-state index in [4.69, 9.17) is 8.25 Å². The van der Waals surface area contributed by atoms with E-state index < -0.39 is 23.3 Å². The molecular weight excluding hydrogens is 272 g/mol. The second kappa shape index (κ2) is 8.97. The van der Waals surface area contributed by atoms with Crippen LogP contribution in [0.5, 0.6) is 0 Å². The fourth-order valence-electron chi connectivity index (χ4n) is 0. The third-order valence-electron chi connectivity index (χ3n) is 0.189. The predicted octanol–water partition coefficient (Wildman–Crippen LogP) is 2.30. The van der Waals surface area contributed by atoms with E-state index in [1.807, 2.05) is 0 Å². The zero-order valence-corrected chi connectivity index (χ0v) is 9.05. The van der Waals surface area contributed by atoms with Crippen LogP contribution in [0, 0.1) is 0 Å². The molecule has 5 heavy (non-hydrogen) atoms. The van der Waals surface area contributed by atoms with Gasteiger partial charge in [0.2, 0.25) is 0 Å². The summed E-state index contributed by atoms with van der Waals surface area (Å²) in [6, 6.07) is 0. The monoisotopic (exact) mass is 282 g/mol. The van der Waals surface area contributed by atoms with Gasteiger partial charge in [0, 0.05) is 0 Å². The fourth-order valence-corrected chi connectivity index (χ4v) is 0. The molecule has 0 aromatic carbocycles. The van der Waals surface area contributed by atoms with Crippen LogP contribution < -0.4 is 0 Å². The SMILES string of the molecule is C.C[CH2][Hg][Cl]. The van der Waals surface area contributed by atoms with Gasteiger partial charge in [0.25, 0.3) is 0 Å². The third-order valence-corrected chi connectivity index (χ3v) is 4.97. The van der Waals surface area contributed by atoms with E-state index in [-0.39, 0.29) is 7.43 Å². The Hall–Kier alpha value is 1.23. The van der Waals surface area contributed by atoms with Crippen molar-refractivity contribution in [3.05, 3.63) is 0 Å². The molecule has 0 saturated carbocycles. The van der Waals surface area contributed by atoms with Gasteiger partial charge in [-0.15, -0.1) is 0 Å². The first-order valence-corrected chi connectivity index (χ1v) is 12.1. The van der Waals surface area contributed by atoms with Gasteiger partial charge in [0.15, 0.2) is 0 Å². The molecule has 30 valence electrons. The Kier molecular flexibility index (Phi) is 17.1. The maximum atomic E-state index is 5.41. The van der Waals surface area contributed by atoms with Crippen LogP contribution in [0.15, 0.2) is 0 Å². The summed E-state index contributed by atoms with van der Waals surface area (Å²) in [6.07, 6.45) is 0. The fraction of sp³-hybridized carbons (Fsp3) is 1.00. The summed E-state index contributed by atoms with van der Waals surface area (Å²) in [6.45, 7) is 2.15. The molecule has 0 rings (SSSR count). The van der Waals surface area contributed by atoms with E-state index in [0.717, 1.165) is 0 Å². The minimum atomic E-state index is -0.640. The quantitative estimate of drug-likeness (QED) is 0.647. The first-order chi connectivity index (χ1) is 1.91. The molecule has 0 aliphatic rings. The average molecular weight is 281 g/mol. The van der Waals surface area contributed by atoms with Crippen LogP contribution >= 0.6 is 8.25 Å². The second-order valence-corrected chi connectivity index (χ2v) is 9.36. The molecule has 0 N–H and O–H groups in total. The summed E-state index contributed by atoms with van der Waals surface area (Å²) in [7, 11) is 5.41. The Morgan fingerprint density at radius 3 is 2.00 bits per heavy atom. The molecule has 0 nitrogen and oxygen atoms in total. The molecule has 0 atom stereocenters. The van der Waals surface area contributed by atoms with Crippen LogP contribution in [-0.4, -0.2) is 0 Å². The van der Waals surface area contributed by atoms with Crippen LogP contribution in [0.1, 0.15) is 14.4 Å². The molecular formula is C3H9ClHg. The molecule has 0 radical (unpaired) electrons. The van der Waals surface area contributed by atoms with Gasteiger partial charge in [-0.1, -0.05) is 7.43 Å². The Morgan fingerprint density at radius 1 is 1.80 bits per heavy atom. The summed E-state index contributed by atoms with van der Waals surface area (Å²) in [5.41, 5.74) is 0. The van der Waals surface area contributed by atoms with Gasteiger partial charge in [0.1, 0.15) is 0 Å². The molecule has 0 amide bonds.